The Balaban J connectivity index is 1.95. The summed E-state index contributed by atoms with van der Waals surface area (Å²) in [5, 5.41) is 0. The number of nitrogens with zero attached hydrogens (tertiary/aromatic N) is 1. The molecule has 4 heteroatoms. The Bertz CT molecular complexity index is 462. The van der Waals surface area contributed by atoms with Gasteiger partial charge >= 0.3 is 0 Å². The summed E-state index contributed by atoms with van der Waals surface area (Å²) in [6, 6.07) is 6.92. The van der Waals surface area contributed by atoms with Crippen LogP contribution in [0.25, 0.3) is 0 Å². The Morgan fingerprint density at radius 2 is 1.71 bits per heavy atom. The second-order valence-electron chi connectivity index (χ2n) is 4.50. The normalized spacial score (nSPS) is 27.7. The van der Waals surface area contributed by atoms with E-state index in [4.69, 9.17) is 4.74 Å². The molecule has 0 aliphatic carbocycles. The monoisotopic (exact) mass is 231 g/mol. The highest BCUT2D eigenvalue weighted by Crippen LogP contribution is 2.30. The summed E-state index contributed by atoms with van der Waals surface area (Å²) in [7, 11) is 0. The zero-order valence-corrected chi connectivity index (χ0v) is 9.55. The predicted molar refractivity (Wildman–Crippen MR) is 60.5 cm³/mol. The van der Waals surface area contributed by atoms with Crippen LogP contribution in [0.2, 0.25) is 0 Å². The van der Waals surface area contributed by atoms with E-state index in [0.717, 1.165) is 12.8 Å². The molecule has 17 heavy (non-hydrogen) atoms. The van der Waals surface area contributed by atoms with Crippen molar-refractivity contribution < 1.29 is 14.3 Å². The zero-order valence-electron chi connectivity index (χ0n) is 9.55. The SMILES string of the molecule is CC1CC[C@H](N2C(=O)c3ccccc3C2=O)O1. The number of fused-ring (bicyclic) bond motifs is 1. The van der Waals surface area contributed by atoms with Gasteiger partial charge in [0.1, 0.15) is 6.23 Å². The van der Waals surface area contributed by atoms with E-state index >= 15 is 0 Å². The molecule has 0 radical (unpaired) electrons. The maximum atomic E-state index is 12.1. The smallest absolute Gasteiger partial charge is 0.263 e. The lowest BCUT2D eigenvalue weighted by Gasteiger charge is -2.21. The fourth-order valence-electron chi connectivity index (χ4n) is 2.44. The summed E-state index contributed by atoms with van der Waals surface area (Å²) < 4.78 is 5.60. The second kappa shape index (κ2) is 3.67. The average Bonchev–Trinajstić information content (AvgIpc) is 2.84. The molecule has 2 amide bonds. The quantitative estimate of drug-likeness (QED) is 0.692. The highest BCUT2D eigenvalue weighted by molar-refractivity contribution is 6.21. The van der Waals surface area contributed by atoms with Gasteiger partial charge in [-0.3, -0.25) is 9.59 Å². The lowest BCUT2D eigenvalue weighted by atomic mass is 10.1. The van der Waals surface area contributed by atoms with Gasteiger partial charge in [0.2, 0.25) is 0 Å². The van der Waals surface area contributed by atoms with Crippen LogP contribution in [0.15, 0.2) is 24.3 Å². The van der Waals surface area contributed by atoms with Crippen molar-refractivity contribution in [1.29, 1.82) is 0 Å². The van der Waals surface area contributed by atoms with Crippen molar-refractivity contribution >= 4 is 11.8 Å². The van der Waals surface area contributed by atoms with Gasteiger partial charge in [-0.25, -0.2) is 4.90 Å². The van der Waals surface area contributed by atoms with Crippen molar-refractivity contribution in [3.63, 3.8) is 0 Å². The standard InChI is InChI=1S/C13H13NO3/c1-8-6-7-11(17-8)14-12(15)9-4-2-3-5-10(9)13(14)16/h2-5,8,11H,6-7H2,1H3/t8?,11-/m1/s1. The van der Waals surface area contributed by atoms with Crippen molar-refractivity contribution in [1.82, 2.24) is 4.90 Å². The summed E-state index contributed by atoms with van der Waals surface area (Å²) in [4.78, 5) is 25.5. The van der Waals surface area contributed by atoms with Gasteiger partial charge in [-0.15, -0.1) is 0 Å². The molecule has 4 nitrogen and oxygen atoms in total. The molecule has 0 bridgehead atoms. The molecule has 2 aliphatic heterocycles. The number of imide groups is 1. The maximum Gasteiger partial charge on any atom is 0.263 e. The largest absolute Gasteiger partial charge is 0.355 e. The number of rotatable bonds is 1. The Hall–Kier alpha value is -1.68. The van der Waals surface area contributed by atoms with Crippen LogP contribution in [0, 0.1) is 0 Å². The molecule has 1 fully saturated rings. The molecule has 1 aromatic carbocycles. The van der Waals surface area contributed by atoms with Crippen molar-refractivity contribution in [2.75, 3.05) is 0 Å². The van der Waals surface area contributed by atoms with Crippen LogP contribution in [-0.4, -0.2) is 29.0 Å². The zero-order chi connectivity index (χ0) is 12.0. The fourth-order valence-corrected chi connectivity index (χ4v) is 2.44. The molecule has 0 spiro atoms. The van der Waals surface area contributed by atoms with Crippen LogP contribution in [0.1, 0.15) is 40.5 Å². The van der Waals surface area contributed by atoms with Crippen molar-refractivity contribution in [3.8, 4) is 0 Å². The molecule has 3 rings (SSSR count). The molecule has 1 unspecified atom stereocenters. The minimum atomic E-state index is -0.391. The summed E-state index contributed by atoms with van der Waals surface area (Å²) in [6.07, 6.45) is 1.34. The molecule has 0 N–H and O–H groups in total. The van der Waals surface area contributed by atoms with Crippen LogP contribution in [0.4, 0.5) is 0 Å². The van der Waals surface area contributed by atoms with Crippen molar-refractivity contribution in [3.05, 3.63) is 35.4 Å². The number of hydrogen-bond acceptors (Lipinski definition) is 3. The Kier molecular flexibility index (Phi) is 2.26. The first-order valence-corrected chi connectivity index (χ1v) is 5.81. The molecule has 2 heterocycles. The van der Waals surface area contributed by atoms with Crippen molar-refractivity contribution in [2.45, 2.75) is 32.1 Å². The number of carbonyl (C=O) groups excluding carboxylic acids is 2. The lowest BCUT2D eigenvalue weighted by Crippen LogP contribution is -2.39. The van der Waals surface area contributed by atoms with Crippen LogP contribution < -0.4 is 0 Å². The van der Waals surface area contributed by atoms with Gasteiger partial charge in [0.15, 0.2) is 0 Å². The first-order chi connectivity index (χ1) is 8.18. The minimum absolute atomic E-state index is 0.115. The van der Waals surface area contributed by atoms with Gasteiger partial charge in [0.25, 0.3) is 11.8 Å². The van der Waals surface area contributed by atoms with E-state index in [1.165, 1.54) is 4.90 Å². The number of ether oxygens (including phenoxy) is 1. The lowest BCUT2D eigenvalue weighted by molar-refractivity contribution is -0.0244. The molecule has 1 aromatic rings. The van der Waals surface area contributed by atoms with Crippen LogP contribution in [0.3, 0.4) is 0 Å². The highest BCUT2D eigenvalue weighted by Gasteiger charge is 2.42. The van der Waals surface area contributed by atoms with Gasteiger partial charge in [0.05, 0.1) is 17.2 Å². The molecule has 2 aliphatic rings. The van der Waals surface area contributed by atoms with Gasteiger partial charge < -0.3 is 4.74 Å². The van der Waals surface area contributed by atoms with Gasteiger partial charge in [-0.05, 0) is 31.9 Å². The highest BCUT2D eigenvalue weighted by atomic mass is 16.5. The predicted octanol–water partition coefficient (Wildman–Crippen LogP) is 1.81. The third kappa shape index (κ3) is 1.48. The van der Waals surface area contributed by atoms with E-state index in [0.29, 0.717) is 11.1 Å². The average molecular weight is 231 g/mol. The van der Waals surface area contributed by atoms with Crippen LogP contribution in [-0.2, 0) is 4.74 Å². The molecule has 2 atom stereocenters. The first kappa shape index (κ1) is 10.5. The van der Waals surface area contributed by atoms with E-state index in [1.807, 2.05) is 6.92 Å². The summed E-state index contributed by atoms with van der Waals surface area (Å²) in [5.41, 5.74) is 0.973. The number of benzene rings is 1. The number of hydrogen-bond donors (Lipinski definition) is 0. The minimum Gasteiger partial charge on any atom is -0.355 e. The maximum absolute atomic E-state index is 12.1. The van der Waals surface area contributed by atoms with E-state index in [2.05, 4.69) is 0 Å². The van der Waals surface area contributed by atoms with Gasteiger partial charge in [0, 0.05) is 0 Å². The number of carbonyl (C=O) groups is 2. The Morgan fingerprint density at radius 3 is 2.18 bits per heavy atom. The third-order valence-electron chi connectivity index (χ3n) is 3.32. The molecule has 88 valence electrons. The molecule has 0 aromatic heterocycles. The Morgan fingerprint density at radius 1 is 1.12 bits per heavy atom. The van der Waals surface area contributed by atoms with Gasteiger partial charge in [-0.1, -0.05) is 12.1 Å². The van der Waals surface area contributed by atoms with E-state index < -0.39 is 6.23 Å². The van der Waals surface area contributed by atoms with Crippen LogP contribution >= 0.6 is 0 Å². The van der Waals surface area contributed by atoms with Gasteiger partial charge in [-0.2, -0.15) is 0 Å². The van der Waals surface area contributed by atoms with E-state index in [9.17, 15) is 9.59 Å². The fraction of sp³-hybridized carbons (Fsp3) is 0.385. The second-order valence-corrected chi connectivity index (χ2v) is 4.50. The topological polar surface area (TPSA) is 46.6 Å². The number of amides is 2. The summed E-state index contributed by atoms with van der Waals surface area (Å²) >= 11 is 0. The molecule has 1 saturated heterocycles. The Labute approximate surface area is 99.2 Å². The molecule has 0 saturated carbocycles. The first-order valence-electron chi connectivity index (χ1n) is 5.81. The van der Waals surface area contributed by atoms with Crippen LogP contribution in [0.5, 0.6) is 0 Å². The third-order valence-corrected chi connectivity index (χ3v) is 3.32. The molecular formula is C13H13NO3. The summed E-state index contributed by atoms with van der Waals surface area (Å²) in [5.74, 6) is -0.464. The van der Waals surface area contributed by atoms with E-state index in [1.54, 1.807) is 24.3 Å². The van der Waals surface area contributed by atoms with E-state index in [-0.39, 0.29) is 17.9 Å². The van der Waals surface area contributed by atoms with Crippen molar-refractivity contribution in [2.24, 2.45) is 0 Å². The molecular weight excluding hydrogens is 218 g/mol. The summed E-state index contributed by atoms with van der Waals surface area (Å²) in [6.45, 7) is 1.96.